The summed E-state index contributed by atoms with van der Waals surface area (Å²) in [6.07, 6.45) is 0.823. The van der Waals surface area contributed by atoms with Gasteiger partial charge in [-0.1, -0.05) is 119 Å². The second kappa shape index (κ2) is 41.7. The molecular formula is C83H117N3O24S4. The largest absolute Gasteiger partial charge is 0.444 e. The molecule has 0 spiro atoms. The minimum Gasteiger partial charge on any atom is -0.444 e. The molecule has 31 heteroatoms. The van der Waals surface area contributed by atoms with Crippen LogP contribution in [0.25, 0.3) is 0 Å². The second-order valence-electron chi connectivity index (χ2n) is 32.2. The number of rotatable bonds is 30. The summed E-state index contributed by atoms with van der Waals surface area (Å²) in [6.45, 7) is 29.2. The average molecular weight is 1670 g/mol. The van der Waals surface area contributed by atoms with Crippen LogP contribution in [0, 0.1) is 47.3 Å². The number of aliphatic hydroxyl groups excluding tert-OH is 3. The molecule has 6 aliphatic rings. The van der Waals surface area contributed by atoms with Gasteiger partial charge in [0.1, 0.15) is 29.7 Å². The molecule has 20 atom stereocenters. The summed E-state index contributed by atoms with van der Waals surface area (Å²) in [4.78, 5) is 63.2. The minimum absolute atomic E-state index is 0.00239. The van der Waals surface area contributed by atoms with Gasteiger partial charge in [0.25, 0.3) is 0 Å². The molecule has 4 amide bonds. The molecular weight excluding hydrogens is 1550 g/mol. The highest BCUT2D eigenvalue weighted by Crippen LogP contribution is 2.43. The molecule has 0 bridgehead atoms. The van der Waals surface area contributed by atoms with Crippen LogP contribution in [-0.4, -0.2) is 223 Å². The van der Waals surface area contributed by atoms with Crippen LogP contribution in [0.5, 0.6) is 0 Å². The zero-order chi connectivity index (χ0) is 84.3. The van der Waals surface area contributed by atoms with E-state index in [2.05, 4.69) is 19.7 Å². The predicted molar refractivity (Wildman–Crippen MR) is 427 cm³/mol. The fourth-order valence-electron chi connectivity index (χ4n) is 15.2. The van der Waals surface area contributed by atoms with E-state index in [1.807, 2.05) is 27.7 Å². The van der Waals surface area contributed by atoms with Crippen molar-refractivity contribution in [3.63, 3.8) is 0 Å². The van der Waals surface area contributed by atoms with E-state index in [1.165, 1.54) is 0 Å². The highest BCUT2D eigenvalue weighted by molar-refractivity contribution is 7.92. The average Bonchev–Trinajstić information content (AvgIpc) is 1.65. The molecule has 632 valence electrons. The Morgan fingerprint density at radius 2 is 0.728 bits per heavy atom. The van der Waals surface area contributed by atoms with Gasteiger partial charge in [-0.2, -0.15) is 0 Å². The summed E-state index contributed by atoms with van der Waals surface area (Å²) in [6, 6.07) is 33.4. The number of ether oxygens (including phenoxy) is 8. The van der Waals surface area contributed by atoms with Crippen LogP contribution in [0.4, 0.5) is 19.2 Å². The Morgan fingerprint density at radius 1 is 0.465 bits per heavy atom. The number of aliphatic hydroxyl groups is 3. The molecule has 0 saturated carbocycles. The first-order valence-corrected chi connectivity index (χ1v) is 45.3. The Hall–Kier alpha value is -7.27. The lowest BCUT2D eigenvalue weighted by Gasteiger charge is -2.22. The normalized spacial score (nSPS) is 28.2. The van der Waals surface area contributed by atoms with Gasteiger partial charge in [0, 0.05) is 62.3 Å². The number of carbonyl (C=O) groups is 5. The van der Waals surface area contributed by atoms with E-state index in [4.69, 9.17) is 48.7 Å². The van der Waals surface area contributed by atoms with E-state index in [1.54, 1.807) is 181 Å². The fraction of sp³-hybridized carbons (Fsp3) is 0.578. The van der Waals surface area contributed by atoms with Crippen LogP contribution in [0.1, 0.15) is 121 Å². The molecule has 114 heavy (non-hydrogen) atoms. The Balaban J connectivity index is 0.000000213. The SMILES string of the molecule is C=CC[C@@H]1OC(C[C@H]2CN(C(=O)OC(C)(C)C)C(=O)O2)[C@H](C)[C@H]1CS(=O)(=O)c1ccccc1.C=CC[C@@H]1O[C@H](C[C@H](O)CN)[C@H](C)[C@H]1CS(=O)(=O)c1ccccc1.C=CC[C@@H]1O[C@H](C[C@H](O)CO)[C@H](C)[C@H]1CS(=O)(=O)c1ccccc1.C[C@H]1C(C[C@H]2CN(C(=O)OC(C)(C)C)C(=O)O2)O[C@@H](CC=O)[C@@H]1CS(=O)(=O)c1ccccc1. The van der Waals surface area contributed by atoms with Crippen LogP contribution in [0.15, 0.2) is 179 Å². The first-order chi connectivity index (χ1) is 53.6. The number of hydrogen-bond acceptors (Lipinski definition) is 25. The highest BCUT2D eigenvalue weighted by Gasteiger charge is 2.51. The van der Waals surface area contributed by atoms with Crippen molar-refractivity contribution in [1.29, 1.82) is 0 Å². The Kier molecular flexibility index (Phi) is 34.4. The predicted octanol–water partition coefficient (Wildman–Crippen LogP) is 11.0. The third kappa shape index (κ3) is 26.4. The standard InChI is InChI=1S/C24H33NO7S.C23H31NO8S.C18H27NO4S.C18H26O5S/c1-6-10-20-19(15-33(28,29)18-11-8-7-9-12-18)16(2)21(31-20)13-17-14-25(22(26)30-17)23(27)32-24(3,4)5;1-15-18(14-33(28,29)17-8-6-5-7-9-17)19(10-11-25)31-20(15)12-16-13-24(21(26)30-16)22(27)32-23(2,3)4;2*1-3-7-17-16(13(2)18(23-17)10-14(20)11-19)12-24(21,22)15-8-5-4-6-9-15/h6-9,11-12,16-17,19-21H,1,10,13-15H2,2-5H3;5-9,11,15-16,18-20H,10,12-14H2,1-4H3;3-6,8-9,13-14,16-18,20H,1,7,10-12,19H2,2H3;3-6,8-9,13-14,16-20H,1,7,10-12H2,2H3/t16-,17+,19-,20+,21?;15-,16+,18-,19+,20?;2*13-,14+,16-,17+,18-/m1111/s1. The van der Waals surface area contributed by atoms with Crippen LogP contribution >= 0.6 is 0 Å². The summed E-state index contributed by atoms with van der Waals surface area (Å²) in [5.74, 6) is -1.42. The van der Waals surface area contributed by atoms with Crippen molar-refractivity contribution in [1.82, 2.24) is 9.80 Å². The first-order valence-electron chi connectivity index (χ1n) is 38.7. The minimum atomic E-state index is -3.58. The van der Waals surface area contributed by atoms with Crippen LogP contribution in [0.2, 0.25) is 0 Å². The highest BCUT2D eigenvalue weighted by atomic mass is 32.2. The summed E-state index contributed by atoms with van der Waals surface area (Å²) in [5, 5.41) is 28.5. The molecule has 6 fully saturated rings. The Labute approximate surface area is 673 Å². The maximum Gasteiger partial charge on any atom is 0.419 e. The molecule has 10 rings (SSSR count). The summed E-state index contributed by atoms with van der Waals surface area (Å²) in [7, 11) is -13.9. The van der Waals surface area contributed by atoms with E-state index < -0.39 is 117 Å². The number of benzene rings is 4. The first kappa shape index (κ1) is 93.9. The number of sulfone groups is 4. The van der Waals surface area contributed by atoms with E-state index in [9.17, 15) is 67.9 Å². The van der Waals surface area contributed by atoms with Gasteiger partial charge in [0.15, 0.2) is 39.3 Å². The Morgan fingerprint density at radius 3 is 0.982 bits per heavy atom. The van der Waals surface area contributed by atoms with Gasteiger partial charge >= 0.3 is 24.4 Å². The monoisotopic (exact) mass is 1670 g/mol. The van der Waals surface area contributed by atoms with Crippen molar-refractivity contribution in [2.24, 2.45) is 53.1 Å². The third-order valence-corrected chi connectivity index (χ3v) is 28.7. The second-order valence-corrected chi connectivity index (χ2v) is 40.3. The Bertz CT molecular complexity index is 4010. The van der Waals surface area contributed by atoms with Crippen molar-refractivity contribution >= 4 is 70.0 Å². The molecule has 2 unspecified atom stereocenters. The molecule has 27 nitrogen and oxygen atoms in total. The number of hydrogen-bond donors (Lipinski definition) is 4. The lowest BCUT2D eigenvalue weighted by Crippen LogP contribution is -2.38. The molecule has 0 radical (unpaired) electrons. The van der Waals surface area contributed by atoms with Crippen molar-refractivity contribution in [2.45, 2.75) is 225 Å². The van der Waals surface area contributed by atoms with E-state index in [0.717, 1.165) is 16.1 Å². The summed E-state index contributed by atoms with van der Waals surface area (Å²) in [5.41, 5.74) is 4.00. The van der Waals surface area contributed by atoms with E-state index in [-0.39, 0.29) is 150 Å². The molecule has 5 N–H and O–H groups in total. The smallest absolute Gasteiger partial charge is 0.419 e. The number of imide groups is 2. The fourth-order valence-corrected chi connectivity index (χ4v) is 22.4. The summed E-state index contributed by atoms with van der Waals surface area (Å²) < 4.78 is 148. The lowest BCUT2D eigenvalue weighted by molar-refractivity contribution is -0.110. The molecule has 4 aromatic rings. The lowest BCUT2D eigenvalue weighted by atomic mass is 9.87. The maximum absolute atomic E-state index is 13.0. The zero-order valence-corrected chi connectivity index (χ0v) is 70.1. The third-order valence-electron chi connectivity index (χ3n) is 21.4. The van der Waals surface area contributed by atoms with Gasteiger partial charge in [0.2, 0.25) is 0 Å². The van der Waals surface area contributed by atoms with E-state index >= 15 is 0 Å². The molecule has 6 heterocycles. The van der Waals surface area contributed by atoms with Gasteiger partial charge in [-0.3, -0.25) is 0 Å². The van der Waals surface area contributed by atoms with Crippen LogP contribution in [0.3, 0.4) is 0 Å². The van der Waals surface area contributed by atoms with Crippen molar-refractivity contribution in [3.8, 4) is 0 Å². The number of aldehydes is 1. The zero-order valence-electron chi connectivity index (χ0n) is 66.9. The number of nitrogens with zero attached hydrogens (tertiary/aromatic N) is 2. The number of nitrogens with two attached hydrogens (primary N) is 1. The van der Waals surface area contributed by atoms with Crippen LogP contribution < -0.4 is 5.73 Å². The number of amides is 4. The van der Waals surface area contributed by atoms with Crippen molar-refractivity contribution in [2.75, 3.05) is 49.3 Å². The van der Waals surface area contributed by atoms with Gasteiger partial charge in [0.05, 0.1) is 123 Å². The van der Waals surface area contributed by atoms with Crippen molar-refractivity contribution < 1.29 is 111 Å². The number of cyclic esters (lactones) is 2. The van der Waals surface area contributed by atoms with Gasteiger partial charge in [-0.05, 0) is 133 Å². The van der Waals surface area contributed by atoms with Gasteiger partial charge in [-0.15, -0.1) is 19.7 Å². The molecule has 6 saturated heterocycles. The molecule has 0 aliphatic carbocycles. The molecule has 0 aromatic heterocycles. The maximum atomic E-state index is 13.0. The van der Waals surface area contributed by atoms with Gasteiger partial charge < -0.3 is 63.7 Å². The van der Waals surface area contributed by atoms with Crippen molar-refractivity contribution in [3.05, 3.63) is 159 Å². The molecule has 4 aromatic carbocycles. The molecule has 6 aliphatic heterocycles. The quantitative estimate of drug-likeness (QED) is 0.0214. The summed E-state index contributed by atoms with van der Waals surface area (Å²) >= 11 is 0. The van der Waals surface area contributed by atoms with E-state index in [0.29, 0.717) is 48.3 Å². The van der Waals surface area contributed by atoms with Crippen LogP contribution in [-0.2, 0) is 82.0 Å². The number of carbonyl (C=O) groups excluding carboxylic acids is 5. The topological polar surface area (TPSA) is 389 Å². The van der Waals surface area contributed by atoms with Gasteiger partial charge in [-0.25, -0.2) is 62.6 Å².